The molecular formula is C12H22N2O2. The third kappa shape index (κ3) is 2.32. The van der Waals surface area contributed by atoms with E-state index in [0.29, 0.717) is 5.41 Å². The van der Waals surface area contributed by atoms with E-state index in [1.54, 1.807) is 0 Å². The van der Waals surface area contributed by atoms with E-state index in [4.69, 9.17) is 4.74 Å². The molecule has 0 aromatic carbocycles. The number of rotatable bonds is 2. The van der Waals surface area contributed by atoms with Gasteiger partial charge in [-0.2, -0.15) is 0 Å². The standard InChI is InChI=1S/C12H22N2O2/c1-3-10(2)16-11(15)14-6-4-12(5-7-14)8-13-9-12/h10,13H,3-9H2,1-2H3. The second-order valence-electron chi connectivity index (χ2n) is 5.19. The Morgan fingerprint density at radius 1 is 1.44 bits per heavy atom. The van der Waals surface area contributed by atoms with E-state index in [0.717, 1.165) is 45.4 Å². The Balaban J connectivity index is 1.77. The van der Waals surface area contributed by atoms with E-state index in [-0.39, 0.29) is 12.2 Å². The van der Waals surface area contributed by atoms with Crippen LogP contribution in [0.4, 0.5) is 4.79 Å². The molecule has 0 saturated carbocycles. The maximum absolute atomic E-state index is 11.8. The minimum atomic E-state index is -0.128. The molecule has 1 spiro atoms. The lowest BCUT2D eigenvalue weighted by Gasteiger charge is -2.48. The third-order valence-electron chi connectivity index (χ3n) is 3.96. The quantitative estimate of drug-likeness (QED) is 0.777. The Morgan fingerprint density at radius 2 is 2.06 bits per heavy atom. The lowest BCUT2D eigenvalue weighted by molar-refractivity contribution is 0.0267. The molecule has 1 N–H and O–H groups in total. The van der Waals surface area contributed by atoms with Crippen molar-refractivity contribution < 1.29 is 9.53 Å². The van der Waals surface area contributed by atoms with Gasteiger partial charge in [-0.15, -0.1) is 0 Å². The van der Waals surface area contributed by atoms with E-state index >= 15 is 0 Å². The fourth-order valence-electron chi connectivity index (χ4n) is 2.33. The van der Waals surface area contributed by atoms with E-state index < -0.39 is 0 Å². The van der Waals surface area contributed by atoms with Crippen molar-refractivity contribution in [3.63, 3.8) is 0 Å². The predicted molar refractivity (Wildman–Crippen MR) is 62.3 cm³/mol. The molecule has 4 heteroatoms. The van der Waals surface area contributed by atoms with Crippen molar-refractivity contribution in [2.75, 3.05) is 26.2 Å². The van der Waals surface area contributed by atoms with Gasteiger partial charge in [0.1, 0.15) is 6.10 Å². The summed E-state index contributed by atoms with van der Waals surface area (Å²) < 4.78 is 5.33. The zero-order valence-electron chi connectivity index (χ0n) is 10.3. The van der Waals surface area contributed by atoms with Crippen molar-refractivity contribution in [3.05, 3.63) is 0 Å². The molecule has 2 rings (SSSR count). The van der Waals surface area contributed by atoms with Gasteiger partial charge in [0.25, 0.3) is 0 Å². The summed E-state index contributed by atoms with van der Waals surface area (Å²) in [5, 5.41) is 3.32. The summed E-state index contributed by atoms with van der Waals surface area (Å²) in [7, 11) is 0. The Morgan fingerprint density at radius 3 is 2.50 bits per heavy atom. The van der Waals surface area contributed by atoms with Crippen molar-refractivity contribution in [3.8, 4) is 0 Å². The van der Waals surface area contributed by atoms with Gasteiger partial charge in [-0.3, -0.25) is 0 Å². The van der Waals surface area contributed by atoms with E-state index in [1.807, 2.05) is 18.7 Å². The van der Waals surface area contributed by atoms with E-state index in [2.05, 4.69) is 5.32 Å². The number of nitrogens with one attached hydrogen (secondary N) is 1. The molecule has 0 bridgehead atoms. The Bertz CT molecular complexity index is 254. The highest BCUT2D eigenvalue weighted by Crippen LogP contribution is 2.35. The molecule has 2 aliphatic rings. The van der Waals surface area contributed by atoms with E-state index in [1.165, 1.54) is 0 Å². The summed E-state index contributed by atoms with van der Waals surface area (Å²) >= 11 is 0. The second-order valence-corrected chi connectivity index (χ2v) is 5.19. The Hall–Kier alpha value is -0.770. The first-order valence-corrected chi connectivity index (χ1v) is 6.31. The minimum absolute atomic E-state index is 0.0359. The number of hydrogen-bond donors (Lipinski definition) is 1. The van der Waals surface area contributed by atoms with Crippen LogP contribution >= 0.6 is 0 Å². The fourth-order valence-corrected chi connectivity index (χ4v) is 2.33. The summed E-state index contributed by atoms with van der Waals surface area (Å²) in [6.07, 6.45) is 3.03. The zero-order chi connectivity index (χ0) is 11.6. The van der Waals surface area contributed by atoms with Crippen LogP contribution in [0.5, 0.6) is 0 Å². The summed E-state index contributed by atoms with van der Waals surface area (Å²) in [5.74, 6) is 0. The van der Waals surface area contributed by atoms with Crippen LogP contribution in [0.25, 0.3) is 0 Å². The lowest BCUT2D eigenvalue weighted by atomic mass is 9.73. The molecule has 2 saturated heterocycles. The summed E-state index contributed by atoms with van der Waals surface area (Å²) in [6.45, 7) is 7.94. The number of nitrogens with zero attached hydrogens (tertiary/aromatic N) is 1. The molecule has 92 valence electrons. The van der Waals surface area contributed by atoms with Crippen molar-refractivity contribution in [2.45, 2.75) is 39.2 Å². The van der Waals surface area contributed by atoms with Gasteiger partial charge in [0.15, 0.2) is 0 Å². The van der Waals surface area contributed by atoms with Crippen LogP contribution in [0, 0.1) is 5.41 Å². The normalized spacial score (nSPS) is 25.0. The van der Waals surface area contributed by atoms with Gasteiger partial charge in [0, 0.05) is 26.2 Å². The molecule has 16 heavy (non-hydrogen) atoms. The van der Waals surface area contributed by atoms with Crippen molar-refractivity contribution >= 4 is 6.09 Å². The molecule has 2 heterocycles. The highest BCUT2D eigenvalue weighted by atomic mass is 16.6. The van der Waals surface area contributed by atoms with Crippen molar-refractivity contribution in [1.82, 2.24) is 10.2 Å². The van der Waals surface area contributed by atoms with Gasteiger partial charge in [-0.25, -0.2) is 4.79 Å². The number of hydrogen-bond acceptors (Lipinski definition) is 3. The molecule has 0 aromatic rings. The molecule has 0 aromatic heterocycles. The zero-order valence-corrected chi connectivity index (χ0v) is 10.3. The first-order chi connectivity index (χ1) is 7.65. The Kier molecular flexibility index (Phi) is 3.38. The summed E-state index contributed by atoms with van der Waals surface area (Å²) in [4.78, 5) is 13.6. The maximum Gasteiger partial charge on any atom is 0.410 e. The van der Waals surface area contributed by atoms with Gasteiger partial charge < -0.3 is 15.0 Å². The third-order valence-corrected chi connectivity index (χ3v) is 3.96. The monoisotopic (exact) mass is 226 g/mol. The molecule has 2 fully saturated rings. The van der Waals surface area contributed by atoms with Gasteiger partial charge >= 0.3 is 6.09 Å². The van der Waals surface area contributed by atoms with Crippen LogP contribution in [-0.4, -0.2) is 43.3 Å². The average molecular weight is 226 g/mol. The second kappa shape index (κ2) is 4.62. The molecule has 0 aliphatic carbocycles. The number of likely N-dealkylation sites (tertiary alicyclic amines) is 1. The minimum Gasteiger partial charge on any atom is -0.446 e. The smallest absolute Gasteiger partial charge is 0.410 e. The fraction of sp³-hybridized carbons (Fsp3) is 0.917. The highest BCUT2D eigenvalue weighted by Gasteiger charge is 2.40. The van der Waals surface area contributed by atoms with Gasteiger partial charge in [-0.05, 0) is 31.6 Å². The predicted octanol–water partition coefficient (Wildman–Crippen LogP) is 1.61. The maximum atomic E-state index is 11.8. The van der Waals surface area contributed by atoms with Crippen molar-refractivity contribution in [1.29, 1.82) is 0 Å². The first-order valence-electron chi connectivity index (χ1n) is 6.31. The van der Waals surface area contributed by atoms with Crippen LogP contribution < -0.4 is 5.32 Å². The first kappa shape index (κ1) is 11.7. The molecule has 1 amide bonds. The van der Waals surface area contributed by atoms with Gasteiger partial charge in [0.05, 0.1) is 0 Å². The van der Waals surface area contributed by atoms with Crippen LogP contribution in [0.2, 0.25) is 0 Å². The number of piperidine rings is 1. The van der Waals surface area contributed by atoms with Crippen LogP contribution in [0.1, 0.15) is 33.1 Å². The summed E-state index contributed by atoms with van der Waals surface area (Å²) in [6, 6.07) is 0. The molecular weight excluding hydrogens is 204 g/mol. The van der Waals surface area contributed by atoms with E-state index in [9.17, 15) is 4.79 Å². The van der Waals surface area contributed by atoms with Crippen LogP contribution in [-0.2, 0) is 4.74 Å². The topological polar surface area (TPSA) is 41.6 Å². The van der Waals surface area contributed by atoms with Gasteiger partial charge in [-0.1, -0.05) is 6.92 Å². The van der Waals surface area contributed by atoms with Gasteiger partial charge in [0.2, 0.25) is 0 Å². The summed E-state index contributed by atoms with van der Waals surface area (Å²) in [5.41, 5.74) is 0.493. The average Bonchev–Trinajstić information content (AvgIpc) is 2.27. The van der Waals surface area contributed by atoms with Crippen LogP contribution in [0.15, 0.2) is 0 Å². The molecule has 1 atom stereocenters. The largest absolute Gasteiger partial charge is 0.446 e. The number of ether oxygens (including phenoxy) is 1. The molecule has 2 aliphatic heterocycles. The van der Waals surface area contributed by atoms with Crippen LogP contribution in [0.3, 0.4) is 0 Å². The SMILES string of the molecule is CCC(C)OC(=O)N1CCC2(CC1)CNC2. The number of carbonyl (C=O) groups is 1. The van der Waals surface area contributed by atoms with Crippen molar-refractivity contribution in [2.24, 2.45) is 5.41 Å². The molecule has 1 unspecified atom stereocenters. The number of amides is 1. The number of carbonyl (C=O) groups excluding carboxylic acids is 1. The molecule has 0 radical (unpaired) electrons. The highest BCUT2D eigenvalue weighted by molar-refractivity contribution is 5.67. The Labute approximate surface area is 97.3 Å². The molecule has 4 nitrogen and oxygen atoms in total. The lowest BCUT2D eigenvalue weighted by Crippen LogP contribution is -2.58.